The lowest BCUT2D eigenvalue weighted by Crippen LogP contribution is -2.45. The van der Waals surface area contributed by atoms with Gasteiger partial charge in [-0.05, 0) is 43.9 Å². The van der Waals surface area contributed by atoms with E-state index in [1.807, 2.05) is 31.2 Å². The second-order valence-corrected chi connectivity index (χ2v) is 11.2. The van der Waals surface area contributed by atoms with Crippen LogP contribution in [0.1, 0.15) is 34.7 Å². The molecule has 0 spiro atoms. The summed E-state index contributed by atoms with van der Waals surface area (Å²) in [5.41, 5.74) is 2.17. The third-order valence-electron chi connectivity index (χ3n) is 5.71. The van der Waals surface area contributed by atoms with Crippen molar-refractivity contribution < 1.29 is 17.7 Å². The molecule has 0 aliphatic carbocycles. The molecule has 0 radical (unpaired) electrons. The second-order valence-electron chi connectivity index (χ2n) is 8.01. The van der Waals surface area contributed by atoms with E-state index >= 15 is 0 Å². The molecule has 1 N–H and O–H groups in total. The summed E-state index contributed by atoms with van der Waals surface area (Å²) in [6, 6.07) is 9.49. The minimum atomic E-state index is -3.74. The first-order valence-corrected chi connectivity index (χ1v) is 12.7. The van der Waals surface area contributed by atoms with Gasteiger partial charge in [-0.15, -0.1) is 11.3 Å². The molecule has 0 unspecified atom stereocenters. The van der Waals surface area contributed by atoms with Crippen LogP contribution in [0.4, 0.5) is 0 Å². The highest BCUT2D eigenvalue weighted by Gasteiger charge is 2.35. The van der Waals surface area contributed by atoms with E-state index < -0.39 is 10.0 Å². The molecule has 1 aliphatic rings. The van der Waals surface area contributed by atoms with Crippen molar-refractivity contribution in [3.05, 3.63) is 52.2 Å². The molecule has 2 aromatic heterocycles. The van der Waals surface area contributed by atoms with Gasteiger partial charge >= 0.3 is 0 Å². The zero-order valence-corrected chi connectivity index (χ0v) is 19.9. The van der Waals surface area contributed by atoms with Gasteiger partial charge in [0.2, 0.25) is 27.6 Å². The van der Waals surface area contributed by atoms with Gasteiger partial charge in [0.05, 0.1) is 15.7 Å². The fourth-order valence-corrected chi connectivity index (χ4v) is 6.89. The lowest BCUT2D eigenvalue weighted by Gasteiger charge is -2.31. The van der Waals surface area contributed by atoms with E-state index in [1.54, 1.807) is 19.9 Å². The number of aromatic nitrogens is 2. The first kappa shape index (κ1) is 22.6. The monoisotopic (exact) mass is 474 g/mol. The largest absolute Gasteiger partial charge is 0.352 e. The average molecular weight is 475 g/mol. The molecule has 1 aliphatic heterocycles. The lowest BCUT2D eigenvalue weighted by molar-refractivity contribution is -0.126. The molecule has 10 heteroatoms. The summed E-state index contributed by atoms with van der Waals surface area (Å²) in [4.78, 5) is 18.5. The van der Waals surface area contributed by atoms with Crippen LogP contribution in [0.15, 0.2) is 39.8 Å². The van der Waals surface area contributed by atoms with Crippen molar-refractivity contribution in [2.24, 2.45) is 5.92 Å². The summed E-state index contributed by atoms with van der Waals surface area (Å²) in [5.74, 6) is 0.314. The highest BCUT2D eigenvalue weighted by molar-refractivity contribution is 7.89. The average Bonchev–Trinajstić information content (AvgIpc) is 3.39. The van der Waals surface area contributed by atoms with Crippen LogP contribution in [0.2, 0.25) is 0 Å². The maximum Gasteiger partial charge on any atom is 0.244 e. The van der Waals surface area contributed by atoms with Crippen LogP contribution in [0, 0.1) is 26.7 Å². The Labute approximate surface area is 191 Å². The number of hydrogen-bond acceptors (Lipinski definition) is 7. The number of rotatable bonds is 6. The fraction of sp³-hybridized carbons (Fsp3) is 0.409. The van der Waals surface area contributed by atoms with Gasteiger partial charge in [0.15, 0.2) is 0 Å². The van der Waals surface area contributed by atoms with E-state index in [9.17, 15) is 13.2 Å². The maximum atomic E-state index is 13.4. The fourth-order valence-electron chi connectivity index (χ4n) is 3.88. The van der Waals surface area contributed by atoms with Crippen molar-refractivity contribution in [1.29, 1.82) is 0 Å². The molecule has 8 nitrogen and oxygen atoms in total. The molecular formula is C22H26N4O4S2. The molecule has 4 rings (SSSR count). The van der Waals surface area contributed by atoms with Crippen LogP contribution in [0.3, 0.4) is 0 Å². The summed E-state index contributed by atoms with van der Waals surface area (Å²) in [6.45, 7) is 6.47. The van der Waals surface area contributed by atoms with Gasteiger partial charge in [0, 0.05) is 31.4 Å². The molecule has 32 heavy (non-hydrogen) atoms. The highest BCUT2D eigenvalue weighted by atomic mass is 32.2. The van der Waals surface area contributed by atoms with Crippen LogP contribution in [0.5, 0.6) is 0 Å². The molecule has 3 heterocycles. The Kier molecular flexibility index (Phi) is 6.45. The Hall–Kier alpha value is -2.56. The van der Waals surface area contributed by atoms with Crippen LogP contribution in [0.25, 0.3) is 10.7 Å². The number of benzene rings is 1. The SMILES string of the molecule is Cc1nc(-c2cc(S(=O)(=O)N3CCC[C@@H](C(=O)NCc4ccccc4C)C3)c(C)s2)no1. The zero-order chi connectivity index (χ0) is 22.9. The minimum absolute atomic E-state index is 0.113. The van der Waals surface area contributed by atoms with Crippen molar-refractivity contribution in [1.82, 2.24) is 19.8 Å². The number of piperidine rings is 1. The molecule has 0 saturated carbocycles. The first-order chi connectivity index (χ1) is 15.3. The van der Waals surface area contributed by atoms with Gasteiger partial charge in [-0.25, -0.2) is 8.42 Å². The van der Waals surface area contributed by atoms with Gasteiger partial charge in [0.1, 0.15) is 0 Å². The van der Waals surface area contributed by atoms with Crippen molar-refractivity contribution in [2.75, 3.05) is 13.1 Å². The van der Waals surface area contributed by atoms with E-state index in [0.29, 0.717) is 47.4 Å². The Morgan fingerprint density at radius 1 is 1.28 bits per heavy atom. The first-order valence-electron chi connectivity index (χ1n) is 10.5. The third-order valence-corrected chi connectivity index (χ3v) is 8.87. The maximum absolute atomic E-state index is 13.4. The van der Waals surface area contributed by atoms with Gasteiger partial charge in [-0.1, -0.05) is 29.4 Å². The third kappa shape index (κ3) is 4.62. The number of thiophene rings is 1. The van der Waals surface area contributed by atoms with Gasteiger partial charge in [-0.3, -0.25) is 4.79 Å². The van der Waals surface area contributed by atoms with E-state index in [4.69, 9.17) is 4.52 Å². The predicted octanol–water partition coefficient (Wildman–Crippen LogP) is 3.44. The normalized spacial score (nSPS) is 17.4. The molecule has 1 atom stereocenters. The van der Waals surface area contributed by atoms with Crippen molar-refractivity contribution in [2.45, 2.75) is 45.1 Å². The Balaban J connectivity index is 1.47. The van der Waals surface area contributed by atoms with Gasteiger partial charge in [-0.2, -0.15) is 9.29 Å². The van der Waals surface area contributed by atoms with Crippen molar-refractivity contribution in [3.8, 4) is 10.7 Å². The van der Waals surface area contributed by atoms with Crippen LogP contribution >= 0.6 is 11.3 Å². The van der Waals surface area contributed by atoms with Gasteiger partial charge in [0.25, 0.3) is 0 Å². The number of sulfonamides is 1. The quantitative estimate of drug-likeness (QED) is 0.587. The van der Waals surface area contributed by atoms with Crippen molar-refractivity contribution in [3.63, 3.8) is 0 Å². The Bertz CT molecular complexity index is 1230. The lowest BCUT2D eigenvalue weighted by atomic mass is 9.98. The second kappa shape index (κ2) is 9.13. The Morgan fingerprint density at radius 2 is 2.06 bits per heavy atom. The smallest absolute Gasteiger partial charge is 0.244 e. The summed E-state index contributed by atoms with van der Waals surface area (Å²) in [6.07, 6.45) is 1.31. The molecule has 1 amide bonds. The standard InChI is InChI=1S/C22H26N4O4S2/c1-14-7-4-5-8-17(14)12-23-22(27)18-9-6-10-26(13-18)32(28,29)20-11-19(31-15(20)2)21-24-16(3)30-25-21/h4-5,7-8,11,18H,6,9-10,12-13H2,1-3H3,(H,23,27)/t18-/m1/s1. The molecule has 3 aromatic rings. The number of carbonyl (C=O) groups is 1. The highest BCUT2D eigenvalue weighted by Crippen LogP contribution is 2.34. The van der Waals surface area contributed by atoms with Crippen LogP contribution in [-0.4, -0.2) is 41.9 Å². The summed E-state index contributed by atoms with van der Waals surface area (Å²) in [7, 11) is -3.74. The summed E-state index contributed by atoms with van der Waals surface area (Å²) >= 11 is 1.32. The number of nitrogens with one attached hydrogen (secondary N) is 1. The minimum Gasteiger partial charge on any atom is -0.352 e. The summed E-state index contributed by atoms with van der Waals surface area (Å²) < 4.78 is 33.2. The van der Waals surface area contributed by atoms with E-state index in [-0.39, 0.29) is 23.3 Å². The van der Waals surface area contributed by atoms with Crippen molar-refractivity contribution >= 4 is 27.3 Å². The van der Waals surface area contributed by atoms with Crippen LogP contribution in [-0.2, 0) is 21.4 Å². The van der Waals surface area contributed by atoms with Crippen LogP contribution < -0.4 is 5.32 Å². The van der Waals surface area contributed by atoms with E-state index in [1.165, 1.54) is 15.6 Å². The number of amides is 1. The molecular weight excluding hydrogens is 448 g/mol. The van der Waals surface area contributed by atoms with E-state index in [0.717, 1.165) is 11.1 Å². The molecule has 1 saturated heterocycles. The molecule has 1 aromatic carbocycles. The zero-order valence-electron chi connectivity index (χ0n) is 18.3. The number of nitrogens with zero attached hydrogens (tertiary/aromatic N) is 3. The molecule has 1 fully saturated rings. The topological polar surface area (TPSA) is 105 Å². The number of hydrogen-bond donors (Lipinski definition) is 1. The number of aryl methyl sites for hydroxylation is 3. The van der Waals surface area contributed by atoms with Gasteiger partial charge < -0.3 is 9.84 Å². The number of carbonyl (C=O) groups excluding carboxylic acids is 1. The molecule has 170 valence electrons. The summed E-state index contributed by atoms with van der Waals surface area (Å²) in [5, 5.41) is 6.86. The Morgan fingerprint density at radius 3 is 2.78 bits per heavy atom. The van der Waals surface area contributed by atoms with E-state index in [2.05, 4.69) is 15.5 Å². The molecule has 0 bridgehead atoms. The predicted molar refractivity (Wildman–Crippen MR) is 122 cm³/mol.